The highest BCUT2D eigenvalue weighted by atomic mass is 19.4. The summed E-state index contributed by atoms with van der Waals surface area (Å²) in [5.41, 5.74) is -0.560. The molecule has 0 aliphatic carbocycles. The van der Waals surface area contributed by atoms with Crippen LogP contribution in [0.3, 0.4) is 0 Å². The Labute approximate surface area is 163 Å². The molecule has 1 saturated heterocycles. The first-order chi connectivity index (χ1) is 12.9. The zero-order valence-corrected chi connectivity index (χ0v) is 16.5. The Morgan fingerprint density at radius 1 is 1.14 bits per heavy atom. The maximum absolute atomic E-state index is 13.3. The summed E-state index contributed by atoms with van der Waals surface area (Å²) >= 11 is 0. The Hall–Kier alpha value is -2.05. The first kappa shape index (κ1) is 20.7. The number of nitriles is 1. The van der Waals surface area contributed by atoms with E-state index in [-0.39, 0.29) is 6.42 Å². The summed E-state index contributed by atoms with van der Waals surface area (Å²) in [5, 5.41) is 14.1. The fourth-order valence-electron chi connectivity index (χ4n) is 3.36. The fourth-order valence-corrected chi connectivity index (χ4v) is 3.36. The molecule has 2 heterocycles. The summed E-state index contributed by atoms with van der Waals surface area (Å²) in [5.74, 6) is -0.887. The first-order valence-corrected chi connectivity index (χ1v) is 9.15. The maximum atomic E-state index is 13.3. The van der Waals surface area contributed by atoms with Gasteiger partial charge >= 0.3 is 13.3 Å². The monoisotopic (exact) mass is 393 g/mol. The third-order valence-corrected chi connectivity index (χ3v) is 5.81. The average molecular weight is 393 g/mol. The van der Waals surface area contributed by atoms with Gasteiger partial charge in [0.25, 0.3) is 0 Å². The Morgan fingerprint density at radius 2 is 1.68 bits per heavy atom. The second-order valence-corrected chi connectivity index (χ2v) is 8.23. The molecule has 0 bridgehead atoms. The molecular formula is C19H23BF3N3O2. The number of alkyl halides is 3. The molecule has 1 fully saturated rings. The zero-order chi connectivity index (χ0) is 20.9. The van der Waals surface area contributed by atoms with Crippen molar-refractivity contribution < 1.29 is 22.5 Å². The highest BCUT2D eigenvalue weighted by Gasteiger charge is 2.52. The van der Waals surface area contributed by atoms with Crippen LogP contribution in [0.1, 0.15) is 41.0 Å². The van der Waals surface area contributed by atoms with Crippen LogP contribution in [0.25, 0.3) is 0 Å². The lowest BCUT2D eigenvalue weighted by Gasteiger charge is -2.32. The predicted molar refractivity (Wildman–Crippen MR) is 101 cm³/mol. The summed E-state index contributed by atoms with van der Waals surface area (Å²) in [4.78, 5) is 0. The summed E-state index contributed by atoms with van der Waals surface area (Å²) in [6, 6.07) is 8.18. The molecule has 0 spiro atoms. The third-order valence-electron chi connectivity index (χ3n) is 5.81. The van der Waals surface area contributed by atoms with Crippen LogP contribution >= 0.6 is 0 Å². The van der Waals surface area contributed by atoms with Crippen LogP contribution in [0, 0.1) is 17.2 Å². The highest BCUT2D eigenvalue weighted by molar-refractivity contribution is 6.62. The molecule has 150 valence electrons. The fraction of sp³-hybridized carbons (Fsp3) is 0.579. The van der Waals surface area contributed by atoms with E-state index in [1.165, 1.54) is 11.9 Å². The number of benzene rings is 1. The molecule has 5 nitrogen and oxygen atoms in total. The van der Waals surface area contributed by atoms with E-state index in [2.05, 4.69) is 5.10 Å². The zero-order valence-electron chi connectivity index (χ0n) is 16.5. The number of anilines is 1. The van der Waals surface area contributed by atoms with Gasteiger partial charge in [-0.2, -0.15) is 23.5 Å². The minimum absolute atomic E-state index is 0.0524. The summed E-state index contributed by atoms with van der Waals surface area (Å²) in [7, 11) is -0.555. The molecule has 0 radical (unpaired) electrons. The van der Waals surface area contributed by atoms with E-state index >= 15 is 0 Å². The van der Waals surface area contributed by atoms with Gasteiger partial charge in [0.05, 0.1) is 35.4 Å². The topological polar surface area (TPSA) is 57.9 Å². The first-order valence-electron chi connectivity index (χ1n) is 9.15. The summed E-state index contributed by atoms with van der Waals surface area (Å²) in [6.07, 6.45) is -4.58. The minimum atomic E-state index is -4.52. The summed E-state index contributed by atoms with van der Waals surface area (Å²) < 4.78 is 51.8. The normalized spacial score (nSPS) is 26.3. The SMILES string of the molecule is C[C@@H]1C(C(F)(F)F)=NN(c2ccc(B3OC(C)(C)C(C)(C)O3)cc2)[C@H]1CC#N. The van der Waals surface area contributed by atoms with E-state index < -0.39 is 42.2 Å². The molecule has 9 heteroatoms. The second kappa shape index (κ2) is 6.78. The largest absolute Gasteiger partial charge is 0.494 e. The molecule has 2 aliphatic heterocycles. The smallest absolute Gasteiger partial charge is 0.399 e. The van der Waals surface area contributed by atoms with Gasteiger partial charge in [-0.25, -0.2) is 0 Å². The van der Waals surface area contributed by atoms with Crippen molar-refractivity contribution in [2.75, 3.05) is 5.01 Å². The van der Waals surface area contributed by atoms with E-state index in [1.54, 1.807) is 24.3 Å². The van der Waals surface area contributed by atoms with Gasteiger partial charge in [-0.15, -0.1) is 0 Å². The minimum Gasteiger partial charge on any atom is -0.399 e. The van der Waals surface area contributed by atoms with E-state index in [0.717, 1.165) is 5.46 Å². The van der Waals surface area contributed by atoms with Gasteiger partial charge in [0.15, 0.2) is 0 Å². The van der Waals surface area contributed by atoms with Crippen LogP contribution in [0.4, 0.5) is 18.9 Å². The molecule has 2 atom stereocenters. The van der Waals surface area contributed by atoms with E-state index in [0.29, 0.717) is 5.69 Å². The Kier molecular flexibility index (Phi) is 5.01. The van der Waals surface area contributed by atoms with Crippen LogP contribution in [0.15, 0.2) is 29.4 Å². The molecular weight excluding hydrogens is 370 g/mol. The van der Waals surface area contributed by atoms with Crippen molar-refractivity contribution in [2.45, 2.75) is 64.5 Å². The van der Waals surface area contributed by atoms with Crippen molar-refractivity contribution in [3.05, 3.63) is 24.3 Å². The molecule has 28 heavy (non-hydrogen) atoms. The predicted octanol–water partition coefficient (Wildman–Crippen LogP) is 3.64. The van der Waals surface area contributed by atoms with Crippen LogP contribution in [-0.2, 0) is 9.31 Å². The van der Waals surface area contributed by atoms with Gasteiger partial charge in [-0.3, -0.25) is 5.01 Å². The second-order valence-electron chi connectivity index (χ2n) is 8.23. The standard InChI is InChI=1S/C19H23BF3N3O2/c1-12-15(10-11-24)26(25-16(12)19(21,22)23)14-8-6-13(7-9-14)20-27-17(2,3)18(4,5)28-20/h6-9,12,15H,10H2,1-5H3/t12-,15-/m0/s1. The van der Waals surface area contributed by atoms with E-state index in [9.17, 15) is 13.2 Å². The molecule has 0 unspecified atom stereocenters. The maximum Gasteiger partial charge on any atom is 0.494 e. The van der Waals surface area contributed by atoms with Gasteiger partial charge in [0.1, 0.15) is 5.71 Å². The van der Waals surface area contributed by atoms with Crippen molar-refractivity contribution in [3.63, 3.8) is 0 Å². The molecule has 0 aromatic heterocycles. The molecule has 1 aromatic rings. The molecule has 0 amide bonds. The van der Waals surface area contributed by atoms with Crippen molar-refractivity contribution in [1.29, 1.82) is 5.26 Å². The van der Waals surface area contributed by atoms with Crippen LogP contribution in [0.5, 0.6) is 0 Å². The third kappa shape index (κ3) is 3.51. The Bertz CT molecular complexity index is 799. The highest BCUT2D eigenvalue weighted by Crippen LogP contribution is 2.38. The lowest BCUT2D eigenvalue weighted by Crippen LogP contribution is -2.41. The van der Waals surface area contributed by atoms with Crippen molar-refractivity contribution in [3.8, 4) is 6.07 Å². The number of rotatable bonds is 3. The van der Waals surface area contributed by atoms with Gasteiger partial charge in [0, 0.05) is 5.92 Å². The number of hydrogen-bond acceptors (Lipinski definition) is 5. The number of nitrogens with zero attached hydrogens (tertiary/aromatic N) is 3. The lowest BCUT2D eigenvalue weighted by molar-refractivity contribution is -0.0620. The van der Waals surface area contributed by atoms with Crippen molar-refractivity contribution in [2.24, 2.45) is 11.0 Å². The van der Waals surface area contributed by atoms with Gasteiger partial charge in [0.2, 0.25) is 0 Å². The van der Waals surface area contributed by atoms with E-state index in [4.69, 9.17) is 14.6 Å². The summed E-state index contributed by atoms with van der Waals surface area (Å²) in [6.45, 7) is 9.26. The van der Waals surface area contributed by atoms with Gasteiger partial charge in [-0.05, 0) is 45.3 Å². The van der Waals surface area contributed by atoms with Crippen LogP contribution in [0.2, 0.25) is 0 Å². The number of halogens is 3. The molecule has 0 N–H and O–H groups in total. The van der Waals surface area contributed by atoms with Crippen molar-refractivity contribution >= 4 is 24.0 Å². The van der Waals surface area contributed by atoms with Gasteiger partial charge < -0.3 is 9.31 Å². The van der Waals surface area contributed by atoms with Crippen LogP contribution < -0.4 is 10.5 Å². The lowest BCUT2D eigenvalue weighted by atomic mass is 9.79. The Morgan fingerprint density at radius 3 is 2.14 bits per heavy atom. The number of hydrogen-bond donors (Lipinski definition) is 0. The molecule has 2 aliphatic rings. The molecule has 1 aromatic carbocycles. The van der Waals surface area contributed by atoms with E-state index in [1.807, 2.05) is 33.8 Å². The van der Waals surface area contributed by atoms with Crippen LogP contribution in [-0.4, -0.2) is 36.3 Å². The average Bonchev–Trinajstić information content (AvgIpc) is 3.02. The number of hydrazone groups is 1. The van der Waals surface area contributed by atoms with Crippen molar-refractivity contribution in [1.82, 2.24) is 0 Å². The molecule has 0 saturated carbocycles. The van der Waals surface area contributed by atoms with Gasteiger partial charge in [-0.1, -0.05) is 19.1 Å². The quantitative estimate of drug-likeness (QED) is 0.736. The Balaban J connectivity index is 1.86. The molecule has 3 rings (SSSR count).